The maximum atomic E-state index is 13.8. The first kappa shape index (κ1) is 25.4. The Hall–Kier alpha value is -4.24. The van der Waals surface area contributed by atoms with Gasteiger partial charge in [0.1, 0.15) is 17.5 Å². The van der Waals surface area contributed by atoms with Crippen molar-refractivity contribution in [3.8, 4) is 11.5 Å². The van der Waals surface area contributed by atoms with Crippen LogP contribution in [0.5, 0.6) is 11.5 Å². The van der Waals surface area contributed by atoms with Gasteiger partial charge in [0.2, 0.25) is 11.1 Å². The molecule has 1 unspecified atom stereocenters. The van der Waals surface area contributed by atoms with E-state index < -0.39 is 6.04 Å². The summed E-state index contributed by atoms with van der Waals surface area (Å²) in [4.78, 5) is 18.5. The fourth-order valence-electron chi connectivity index (χ4n) is 4.47. The molecule has 3 aromatic carbocycles. The number of nitrogens with one attached hydrogen (secondary N) is 2. The molecule has 1 atom stereocenters. The van der Waals surface area contributed by atoms with Crippen molar-refractivity contribution in [1.29, 1.82) is 0 Å². The predicted octanol–water partition coefficient (Wildman–Crippen LogP) is 5.82. The van der Waals surface area contributed by atoms with Crippen LogP contribution in [0, 0.1) is 6.92 Å². The predicted molar refractivity (Wildman–Crippen MR) is 150 cm³/mol. The van der Waals surface area contributed by atoms with Crippen molar-refractivity contribution < 1.29 is 14.3 Å². The summed E-state index contributed by atoms with van der Waals surface area (Å²) < 4.78 is 12.6. The number of benzene rings is 3. The number of ether oxygens (including phenoxy) is 2. The van der Waals surface area contributed by atoms with Gasteiger partial charge in [0.15, 0.2) is 0 Å². The number of carbonyl (C=O) groups is 1. The average Bonchev–Trinajstić information content (AvgIpc) is 3.34. The summed E-state index contributed by atoms with van der Waals surface area (Å²) in [5, 5.41) is 11.8. The van der Waals surface area contributed by atoms with Crippen LogP contribution < -0.4 is 20.1 Å². The molecule has 9 heteroatoms. The molecule has 1 aliphatic heterocycles. The minimum absolute atomic E-state index is 0.254. The maximum absolute atomic E-state index is 13.8. The van der Waals surface area contributed by atoms with E-state index in [4.69, 9.17) is 19.6 Å². The first-order valence-electron chi connectivity index (χ1n) is 12.2. The molecule has 194 valence electrons. The SMILES string of the molecule is COc1ccc(C2C(C(=O)Nc3ccccc3OC)=C(C)Nc3nc(SCc4cccc(C)c4)nn32)cc1. The molecule has 8 nitrogen and oxygen atoms in total. The standard InChI is InChI=1S/C29H29N5O3S/c1-18-8-7-9-20(16-18)17-38-29-32-28-30-19(2)25(27(35)31-23-10-5-6-11-24(23)37-4)26(34(28)33-29)21-12-14-22(36-3)15-13-21/h5-16,26H,17H2,1-4H3,(H,31,35)(H,30,32,33). The Bertz CT molecular complexity index is 1500. The lowest BCUT2D eigenvalue weighted by molar-refractivity contribution is -0.113. The Kier molecular flexibility index (Phi) is 7.37. The molecule has 0 bridgehead atoms. The molecule has 2 N–H and O–H groups in total. The van der Waals surface area contributed by atoms with E-state index in [0.717, 1.165) is 17.1 Å². The van der Waals surface area contributed by atoms with E-state index in [-0.39, 0.29) is 5.91 Å². The van der Waals surface area contributed by atoms with E-state index in [1.54, 1.807) is 30.7 Å². The van der Waals surface area contributed by atoms with Gasteiger partial charge in [0.25, 0.3) is 5.91 Å². The molecular formula is C29H29N5O3S. The van der Waals surface area contributed by atoms with Crippen molar-refractivity contribution in [2.24, 2.45) is 0 Å². The number of amides is 1. The summed E-state index contributed by atoms with van der Waals surface area (Å²) in [5.74, 6) is 2.39. The van der Waals surface area contributed by atoms with Gasteiger partial charge >= 0.3 is 0 Å². The van der Waals surface area contributed by atoms with Gasteiger partial charge in [0.05, 0.1) is 25.5 Å². The Morgan fingerprint density at radius 1 is 1.03 bits per heavy atom. The highest BCUT2D eigenvalue weighted by atomic mass is 32.2. The quantitative estimate of drug-likeness (QED) is 0.279. The third-order valence-electron chi connectivity index (χ3n) is 6.31. The zero-order chi connectivity index (χ0) is 26.6. The van der Waals surface area contributed by atoms with E-state index in [1.807, 2.05) is 55.5 Å². The van der Waals surface area contributed by atoms with Crippen LogP contribution in [0.25, 0.3) is 0 Å². The molecule has 0 radical (unpaired) electrons. The molecule has 0 fully saturated rings. The highest BCUT2D eigenvalue weighted by Gasteiger charge is 2.34. The number of aromatic nitrogens is 3. The van der Waals surface area contributed by atoms with E-state index in [2.05, 4.69) is 41.8 Å². The highest BCUT2D eigenvalue weighted by Crippen LogP contribution is 2.38. The van der Waals surface area contributed by atoms with E-state index in [0.29, 0.717) is 33.8 Å². The van der Waals surface area contributed by atoms with E-state index >= 15 is 0 Å². The summed E-state index contributed by atoms with van der Waals surface area (Å²) in [6, 6.07) is 22.9. The Morgan fingerprint density at radius 2 is 1.82 bits per heavy atom. The van der Waals surface area contributed by atoms with Gasteiger partial charge in [0, 0.05) is 11.4 Å². The molecule has 38 heavy (non-hydrogen) atoms. The monoisotopic (exact) mass is 527 g/mol. The fraction of sp³-hybridized carbons (Fsp3) is 0.207. The van der Waals surface area contributed by atoms with Crippen LogP contribution in [0.15, 0.2) is 89.2 Å². The lowest BCUT2D eigenvalue weighted by atomic mass is 9.95. The van der Waals surface area contributed by atoms with Crippen molar-refractivity contribution >= 4 is 29.3 Å². The minimum Gasteiger partial charge on any atom is -0.497 e. The Labute approximate surface area is 226 Å². The Morgan fingerprint density at radius 3 is 2.55 bits per heavy atom. The van der Waals surface area contributed by atoms with Crippen molar-refractivity contribution in [3.63, 3.8) is 0 Å². The summed E-state index contributed by atoms with van der Waals surface area (Å²) in [6.45, 7) is 3.96. The summed E-state index contributed by atoms with van der Waals surface area (Å²) in [7, 11) is 3.21. The van der Waals surface area contributed by atoms with Crippen LogP contribution in [0.2, 0.25) is 0 Å². The number of carbonyl (C=O) groups excluding carboxylic acids is 1. The van der Waals surface area contributed by atoms with Crippen LogP contribution in [-0.4, -0.2) is 34.9 Å². The van der Waals surface area contributed by atoms with Crippen molar-refractivity contribution in [2.75, 3.05) is 24.9 Å². The number of para-hydroxylation sites is 2. The number of thioether (sulfide) groups is 1. The van der Waals surface area contributed by atoms with Crippen molar-refractivity contribution in [1.82, 2.24) is 14.8 Å². The number of aryl methyl sites for hydroxylation is 1. The summed E-state index contributed by atoms with van der Waals surface area (Å²) >= 11 is 1.56. The second-order valence-electron chi connectivity index (χ2n) is 8.93. The number of hydrogen-bond donors (Lipinski definition) is 2. The largest absolute Gasteiger partial charge is 0.497 e. The summed E-state index contributed by atoms with van der Waals surface area (Å²) in [5.41, 5.74) is 5.13. The molecule has 0 saturated carbocycles. The van der Waals surface area contributed by atoms with Crippen molar-refractivity contribution in [3.05, 3.63) is 101 Å². The molecule has 0 aliphatic carbocycles. The number of anilines is 2. The average molecular weight is 528 g/mol. The van der Waals surface area contributed by atoms with Crippen LogP contribution in [0.3, 0.4) is 0 Å². The van der Waals surface area contributed by atoms with Crippen LogP contribution in [0.4, 0.5) is 11.6 Å². The first-order valence-corrected chi connectivity index (χ1v) is 13.2. The molecule has 4 aromatic rings. The van der Waals surface area contributed by atoms with Crippen molar-refractivity contribution in [2.45, 2.75) is 30.8 Å². The number of allylic oxidation sites excluding steroid dienone is 1. The van der Waals surface area contributed by atoms with Gasteiger partial charge < -0.3 is 20.1 Å². The smallest absolute Gasteiger partial charge is 0.255 e. The minimum atomic E-state index is -0.493. The second-order valence-corrected chi connectivity index (χ2v) is 9.88. The third-order valence-corrected chi connectivity index (χ3v) is 7.22. The van der Waals surface area contributed by atoms with Gasteiger partial charge in [-0.05, 0) is 49.2 Å². The maximum Gasteiger partial charge on any atom is 0.255 e. The molecule has 1 amide bonds. The first-order chi connectivity index (χ1) is 18.5. The van der Waals surface area contributed by atoms with Gasteiger partial charge in [-0.2, -0.15) is 4.98 Å². The van der Waals surface area contributed by atoms with E-state index in [1.165, 1.54) is 11.1 Å². The molecule has 0 spiro atoms. The normalized spacial score (nSPS) is 14.5. The van der Waals surface area contributed by atoms with Crippen LogP contribution >= 0.6 is 11.8 Å². The zero-order valence-electron chi connectivity index (χ0n) is 21.7. The Balaban J connectivity index is 1.50. The summed E-state index contributed by atoms with van der Waals surface area (Å²) in [6.07, 6.45) is 0. The number of nitrogens with zero attached hydrogens (tertiary/aromatic N) is 3. The molecule has 1 aliphatic rings. The zero-order valence-corrected chi connectivity index (χ0v) is 22.5. The lowest BCUT2D eigenvalue weighted by Crippen LogP contribution is -2.31. The molecule has 2 heterocycles. The number of rotatable bonds is 8. The lowest BCUT2D eigenvalue weighted by Gasteiger charge is -2.29. The van der Waals surface area contributed by atoms with Crippen LogP contribution in [-0.2, 0) is 10.5 Å². The topological polar surface area (TPSA) is 90.3 Å². The highest BCUT2D eigenvalue weighted by molar-refractivity contribution is 7.98. The van der Waals surface area contributed by atoms with Gasteiger partial charge in [-0.1, -0.05) is 65.9 Å². The molecular weight excluding hydrogens is 498 g/mol. The molecule has 0 saturated heterocycles. The van der Waals surface area contributed by atoms with Gasteiger partial charge in [-0.25, -0.2) is 4.68 Å². The molecule has 1 aromatic heterocycles. The molecule has 5 rings (SSSR count). The van der Waals surface area contributed by atoms with Gasteiger partial charge in [-0.3, -0.25) is 4.79 Å². The van der Waals surface area contributed by atoms with Gasteiger partial charge in [-0.15, -0.1) is 5.10 Å². The third kappa shape index (κ3) is 5.24. The van der Waals surface area contributed by atoms with Crippen LogP contribution in [0.1, 0.15) is 29.7 Å². The number of methoxy groups -OCH3 is 2. The second kappa shape index (κ2) is 11.0. The fourth-order valence-corrected chi connectivity index (χ4v) is 5.24. The number of hydrogen-bond acceptors (Lipinski definition) is 7. The number of fused-ring (bicyclic) bond motifs is 1. The van der Waals surface area contributed by atoms with E-state index in [9.17, 15) is 4.79 Å².